The molecule has 21 heavy (non-hydrogen) atoms. The van der Waals surface area contributed by atoms with E-state index >= 15 is 0 Å². The van der Waals surface area contributed by atoms with Crippen LogP contribution in [0.2, 0.25) is 0 Å². The lowest BCUT2D eigenvalue weighted by Gasteiger charge is -2.09. The summed E-state index contributed by atoms with van der Waals surface area (Å²) < 4.78 is 1.70. The zero-order chi connectivity index (χ0) is 15.4. The Morgan fingerprint density at radius 3 is 2.38 bits per heavy atom. The predicted octanol–water partition coefficient (Wildman–Crippen LogP) is 2.79. The van der Waals surface area contributed by atoms with Gasteiger partial charge in [0, 0.05) is 0 Å². The van der Waals surface area contributed by atoms with Crippen LogP contribution in [0.1, 0.15) is 48.1 Å². The average molecular weight is 287 g/mol. The Bertz CT molecular complexity index is 615. The van der Waals surface area contributed by atoms with E-state index in [4.69, 9.17) is 0 Å². The van der Waals surface area contributed by atoms with Crippen LogP contribution in [-0.4, -0.2) is 26.1 Å². The number of nitrogens with zero attached hydrogens (tertiary/aromatic N) is 3. The van der Waals surface area contributed by atoms with Crippen molar-refractivity contribution in [2.24, 2.45) is 5.92 Å². The molecule has 0 fully saturated rings. The van der Waals surface area contributed by atoms with Crippen LogP contribution in [0, 0.1) is 5.92 Å². The molecular formula is C16H21N3O2. The zero-order valence-electron chi connectivity index (χ0n) is 12.7. The summed E-state index contributed by atoms with van der Waals surface area (Å²) in [6.45, 7) is 6.77. The molecule has 5 heteroatoms. The van der Waals surface area contributed by atoms with E-state index in [0.29, 0.717) is 24.6 Å². The Labute approximate surface area is 124 Å². The number of carbonyl (C=O) groups is 1. The third-order valence-corrected chi connectivity index (χ3v) is 3.41. The molecule has 0 amide bonds. The van der Waals surface area contributed by atoms with E-state index in [1.807, 2.05) is 0 Å². The number of hydrogen-bond donors (Lipinski definition) is 1. The van der Waals surface area contributed by atoms with Crippen LogP contribution in [0.4, 0.5) is 0 Å². The topological polar surface area (TPSA) is 68.0 Å². The molecule has 112 valence electrons. The number of carboxylic acids is 1. The number of hydrogen-bond acceptors (Lipinski definition) is 3. The number of aryl methyl sites for hydroxylation is 1. The fourth-order valence-corrected chi connectivity index (χ4v) is 2.27. The number of benzene rings is 1. The number of carboxylic acid groups (broad SMARTS) is 1. The Kier molecular flexibility index (Phi) is 4.73. The predicted molar refractivity (Wildman–Crippen MR) is 80.4 cm³/mol. The Balaban J connectivity index is 2.27. The standard InChI is InChI=1S/C16H21N3O2/c1-4-12-5-7-13(8-6-12)10-19-14(9-11(2)3)15(16(20)21)17-18-19/h5-8,11H,4,9-10H2,1-3H3,(H,20,21). The van der Waals surface area contributed by atoms with Gasteiger partial charge < -0.3 is 5.11 Å². The third-order valence-electron chi connectivity index (χ3n) is 3.41. The summed E-state index contributed by atoms with van der Waals surface area (Å²) in [7, 11) is 0. The molecule has 5 nitrogen and oxygen atoms in total. The van der Waals surface area contributed by atoms with Crippen molar-refractivity contribution < 1.29 is 9.90 Å². The first kappa shape index (κ1) is 15.2. The van der Waals surface area contributed by atoms with Gasteiger partial charge in [0.05, 0.1) is 12.2 Å². The van der Waals surface area contributed by atoms with Crippen molar-refractivity contribution in [2.45, 2.75) is 40.2 Å². The maximum absolute atomic E-state index is 11.2. The van der Waals surface area contributed by atoms with Gasteiger partial charge in [0.2, 0.25) is 0 Å². The highest BCUT2D eigenvalue weighted by atomic mass is 16.4. The normalized spacial score (nSPS) is 11.0. The maximum atomic E-state index is 11.2. The van der Waals surface area contributed by atoms with Crippen molar-refractivity contribution in [1.29, 1.82) is 0 Å². The summed E-state index contributed by atoms with van der Waals surface area (Å²) in [6, 6.07) is 8.29. The minimum absolute atomic E-state index is 0.0638. The molecule has 1 aromatic carbocycles. The van der Waals surface area contributed by atoms with E-state index in [0.717, 1.165) is 12.0 Å². The van der Waals surface area contributed by atoms with Gasteiger partial charge in [0.15, 0.2) is 5.69 Å². The van der Waals surface area contributed by atoms with Crippen molar-refractivity contribution in [1.82, 2.24) is 15.0 Å². The van der Waals surface area contributed by atoms with Gasteiger partial charge in [-0.1, -0.05) is 50.3 Å². The lowest BCUT2D eigenvalue weighted by molar-refractivity contribution is 0.0689. The minimum atomic E-state index is -1.02. The molecule has 0 spiro atoms. The van der Waals surface area contributed by atoms with E-state index in [2.05, 4.69) is 55.3 Å². The molecule has 0 atom stereocenters. The highest BCUT2D eigenvalue weighted by molar-refractivity contribution is 5.86. The zero-order valence-corrected chi connectivity index (χ0v) is 12.7. The fourth-order valence-electron chi connectivity index (χ4n) is 2.27. The van der Waals surface area contributed by atoms with E-state index in [1.54, 1.807) is 4.68 Å². The molecule has 1 N–H and O–H groups in total. The van der Waals surface area contributed by atoms with Crippen molar-refractivity contribution in [2.75, 3.05) is 0 Å². The third kappa shape index (κ3) is 3.68. The van der Waals surface area contributed by atoms with E-state index in [1.165, 1.54) is 5.56 Å². The summed E-state index contributed by atoms with van der Waals surface area (Å²) in [5.74, 6) is -0.666. The minimum Gasteiger partial charge on any atom is -0.476 e. The molecule has 2 rings (SSSR count). The summed E-state index contributed by atoms with van der Waals surface area (Å²) in [6.07, 6.45) is 1.66. The van der Waals surface area contributed by atoms with Gasteiger partial charge >= 0.3 is 5.97 Å². The summed E-state index contributed by atoms with van der Waals surface area (Å²) in [4.78, 5) is 11.2. The lowest BCUT2D eigenvalue weighted by atomic mass is 10.1. The number of rotatable bonds is 6. The highest BCUT2D eigenvalue weighted by Gasteiger charge is 2.19. The molecule has 0 radical (unpaired) electrons. The largest absolute Gasteiger partial charge is 0.476 e. The number of aromatic carboxylic acids is 1. The van der Waals surface area contributed by atoms with Crippen LogP contribution in [-0.2, 0) is 19.4 Å². The first-order valence-electron chi connectivity index (χ1n) is 7.24. The van der Waals surface area contributed by atoms with Crippen molar-refractivity contribution in [3.63, 3.8) is 0 Å². The molecule has 0 aliphatic carbocycles. The first-order chi connectivity index (χ1) is 10.0. The van der Waals surface area contributed by atoms with Crippen LogP contribution in [0.5, 0.6) is 0 Å². The lowest BCUT2D eigenvalue weighted by Crippen LogP contribution is -2.12. The van der Waals surface area contributed by atoms with E-state index in [9.17, 15) is 9.90 Å². The second-order valence-corrected chi connectivity index (χ2v) is 5.62. The van der Waals surface area contributed by atoms with Crippen LogP contribution >= 0.6 is 0 Å². The summed E-state index contributed by atoms with van der Waals surface area (Å²) >= 11 is 0. The molecule has 2 aromatic rings. The monoisotopic (exact) mass is 287 g/mol. The van der Waals surface area contributed by atoms with Gasteiger partial charge in [-0.05, 0) is 29.9 Å². The van der Waals surface area contributed by atoms with Gasteiger partial charge in [-0.3, -0.25) is 0 Å². The Morgan fingerprint density at radius 2 is 1.86 bits per heavy atom. The van der Waals surface area contributed by atoms with Gasteiger partial charge in [0.25, 0.3) is 0 Å². The molecule has 0 saturated heterocycles. The van der Waals surface area contributed by atoms with Gasteiger partial charge in [-0.15, -0.1) is 5.10 Å². The van der Waals surface area contributed by atoms with Gasteiger partial charge in [-0.2, -0.15) is 0 Å². The Hall–Kier alpha value is -2.17. The van der Waals surface area contributed by atoms with Crippen LogP contribution in [0.3, 0.4) is 0 Å². The maximum Gasteiger partial charge on any atom is 0.358 e. The fraction of sp³-hybridized carbons (Fsp3) is 0.438. The van der Waals surface area contributed by atoms with Gasteiger partial charge in [-0.25, -0.2) is 9.48 Å². The van der Waals surface area contributed by atoms with E-state index < -0.39 is 5.97 Å². The van der Waals surface area contributed by atoms with Crippen LogP contribution < -0.4 is 0 Å². The molecule has 0 saturated carbocycles. The van der Waals surface area contributed by atoms with Crippen molar-refractivity contribution >= 4 is 5.97 Å². The van der Waals surface area contributed by atoms with Crippen LogP contribution in [0.15, 0.2) is 24.3 Å². The average Bonchev–Trinajstić information content (AvgIpc) is 2.82. The Morgan fingerprint density at radius 1 is 1.24 bits per heavy atom. The second kappa shape index (κ2) is 6.52. The molecule has 0 bridgehead atoms. The molecule has 0 aliphatic heterocycles. The summed E-state index contributed by atoms with van der Waals surface area (Å²) in [5.41, 5.74) is 3.14. The molecular weight excluding hydrogens is 266 g/mol. The molecule has 0 aliphatic rings. The van der Waals surface area contributed by atoms with Crippen LogP contribution in [0.25, 0.3) is 0 Å². The highest BCUT2D eigenvalue weighted by Crippen LogP contribution is 2.14. The van der Waals surface area contributed by atoms with E-state index in [-0.39, 0.29) is 5.69 Å². The molecule has 1 aromatic heterocycles. The SMILES string of the molecule is CCc1ccc(Cn2nnc(C(=O)O)c2CC(C)C)cc1. The van der Waals surface area contributed by atoms with Gasteiger partial charge in [0.1, 0.15) is 0 Å². The second-order valence-electron chi connectivity index (χ2n) is 5.62. The van der Waals surface area contributed by atoms with Crippen molar-refractivity contribution in [3.8, 4) is 0 Å². The number of aromatic nitrogens is 3. The summed E-state index contributed by atoms with van der Waals surface area (Å²) in [5, 5.41) is 17.0. The first-order valence-corrected chi connectivity index (χ1v) is 7.24. The smallest absolute Gasteiger partial charge is 0.358 e. The quantitative estimate of drug-likeness (QED) is 0.887. The molecule has 0 unspecified atom stereocenters. The van der Waals surface area contributed by atoms with Crippen molar-refractivity contribution in [3.05, 3.63) is 46.8 Å². The molecule has 1 heterocycles.